The van der Waals surface area contributed by atoms with Gasteiger partial charge in [0.05, 0.1) is 40.2 Å². The van der Waals surface area contributed by atoms with Crippen LogP contribution in [0.4, 0.5) is 0 Å². The number of halogens is 2. The lowest BCUT2D eigenvalue weighted by atomic mass is 10.1. The summed E-state index contributed by atoms with van der Waals surface area (Å²) in [6.07, 6.45) is 0.0769. The predicted molar refractivity (Wildman–Crippen MR) is 122 cm³/mol. The van der Waals surface area contributed by atoms with Crippen LogP contribution in [0.5, 0.6) is 5.75 Å². The molecule has 3 rings (SSSR count). The number of aromatic nitrogens is 1. The lowest BCUT2D eigenvalue weighted by Crippen LogP contribution is -3.00. The first kappa shape index (κ1) is 25.7. The Morgan fingerprint density at radius 2 is 1.72 bits per heavy atom. The topological polar surface area (TPSA) is 57.5 Å². The average molecular weight is 479 g/mol. The molecule has 8 heteroatoms. The highest BCUT2D eigenvalue weighted by Crippen LogP contribution is 2.31. The Bertz CT molecular complexity index is 1120. The maximum absolute atomic E-state index is 13.3. The number of nitrogens with zero attached hydrogens (tertiary/aromatic N) is 2. The molecule has 0 aliphatic carbocycles. The molecule has 172 valence electrons. The van der Waals surface area contributed by atoms with Crippen LogP contribution in [0, 0.1) is 6.92 Å². The van der Waals surface area contributed by atoms with Crippen LogP contribution in [-0.2, 0) is 16.0 Å². The average Bonchev–Trinajstić information content (AvgIpc) is 2.98. The maximum atomic E-state index is 13.3. The Balaban J connectivity index is 0.00000363. The van der Waals surface area contributed by atoms with Gasteiger partial charge in [0.15, 0.2) is 0 Å². The number of carbonyl (C=O) groups is 2. The molecule has 0 saturated heterocycles. The van der Waals surface area contributed by atoms with Crippen molar-refractivity contribution in [2.45, 2.75) is 13.3 Å². The van der Waals surface area contributed by atoms with E-state index in [0.717, 1.165) is 17.5 Å². The lowest BCUT2D eigenvalue weighted by molar-refractivity contribution is -0.870. The third-order valence-corrected chi connectivity index (χ3v) is 5.43. The number of esters is 1. The molecule has 0 saturated carbocycles. The molecule has 0 amide bonds. The molecule has 0 aliphatic rings. The Kier molecular flexibility index (Phi) is 8.35. The van der Waals surface area contributed by atoms with Crippen molar-refractivity contribution in [2.75, 3.05) is 41.4 Å². The summed E-state index contributed by atoms with van der Waals surface area (Å²) in [6.45, 7) is 2.90. The van der Waals surface area contributed by atoms with E-state index in [4.69, 9.17) is 21.1 Å². The largest absolute Gasteiger partial charge is 1.00 e. The molecule has 0 radical (unpaired) electrons. The monoisotopic (exact) mass is 478 g/mol. The van der Waals surface area contributed by atoms with Crippen molar-refractivity contribution in [3.8, 4) is 5.75 Å². The fraction of sp³-hybridized carbons (Fsp3) is 0.333. The fourth-order valence-electron chi connectivity index (χ4n) is 3.42. The second-order valence-corrected chi connectivity index (χ2v) is 8.94. The van der Waals surface area contributed by atoms with Crippen LogP contribution in [0.1, 0.15) is 21.6 Å². The van der Waals surface area contributed by atoms with Crippen LogP contribution in [0.15, 0.2) is 42.5 Å². The van der Waals surface area contributed by atoms with Crippen molar-refractivity contribution in [3.63, 3.8) is 0 Å². The Hall–Kier alpha value is -2.54. The highest BCUT2D eigenvalue weighted by Gasteiger charge is 2.22. The zero-order valence-corrected chi connectivity index (χ0v) is 20.5. The highest BCUT2D eigenvalue weighted by molar-refractivity contribution is 6.30. The smallest absolute Gasteiger partial charge is 0.310 e. The Labute approximate surface area is 199 Å². The third kappa shape index (κ3) is 5.82. The molecule has 0 bridgehead atoms. The number of carbonyl (C=O) groups excluding carboxylic acids is 2. The summed E-state index contributed by atoms with van der Waals surface area (Å²) < 4.78 is 13.2. The quantitative estimate of drug-likeness (QED) is 0.376. The number of hydrogen-bond donors (Lipinski definition) is 0. The third-order valence-electron chi connectivity index (χ3n) is 5.18. The molecule has 6 nitrogen and oxygen atoms in total. The van der Waals surface area contributed by atoms with Gasteiger partial charge in [-0.25, -0.2) is 0 Å². The van der Waals surface area contributed by atoms with Crippen LogP contribution in [0.25, 0.3) is 10.9 Å². The van der Waals surface area contributed by atoms with Gasteiger partial charge in [0.1, 0.15) is 18.9 Å². The van der Waals surface area contributed by atoms with Gasteiger partial charge in [0, 0.05) is 21.7 Å². The summed E-state index contributed by atoms with van der Waals surface area (Å²) in [5.41, 5.74) is 2.68. The van der Waals surface area contributed by atoms with Crippen LogP contribution >= 0.6 is 11.6 Å². The first-order valence-electron chi connectivity index (χ1n) is 10.0. The number of benzene rings is 2. The highest BCUT2D eigenvalue weighted by atomic mass is 35.5. The normalized spacial score (nSPS) is 11.2. The summed E-state index contributed by atoms with van der Waals surface area (Å²) in [7, 11) is 7.71. The van der Waals surface area contributed by atoms with Crippen molar-refractivity contribution >= 4 is 34.4 Å². The van der Waals surface area contributed by atoms with Crippen LogP contribution in [0.3, 0.4) is 0 Å². The van der Waals surface area contributed by atoms with Gasteiger partial charge in [-0.3, -0.25) is 14.2 Å². The zero-order chi connectivity index (χ0) is 22.8. The van der Waals surface area contributed by atoms with E-state index in [1.54, 1.807) is 42.0 Å². The molecule has 1 aromatic heterocycles. The van der Waals surface area contributed by atoms with Crippen LogP contribution in [-0.4, -0.2) is 62.3 Å². The van der Waals surface area contributed by atoms with Gasteiger partial charge in [-0.15, -0.1) is 0 Å². The molecule has 0 fully saturated rings. The van der Waals surface area contributed by atoms with Crippen molar-refractivity contribution in [1.29, 1.82) is 0 Å². The number of hydrogen-bond acceptors (Lipinski definition) is 4. The summed E-state index contributed by atoms with van der Waals surface area (Å²) in [6, 6.07) is 12.2. The van der Waals surface area contributed by atoms with Crippen molar-refractivity contribution in [2.24, 2.45) is 0 Å². The van der Waals surface area contributed by atoms with E-state index < -0.39 is 0 Å². The minimum absolute atomic E-state index is 0. The Morgan fingerprint density at radius 3 is 2.31 bits per heavy atom. The number of quaternary nitrogens is 1. The van der Waals surface area contributed by atoms with Gasteiger partial charge in [0.2, 0.25) is 0 Å². The van der Waals surface area contributed by atoms with Gasteiger partial charge < -0.3 is 26.4 Å². The summed E-state index contributed by atoms with van der Waals surface area (Å²) in [5.74, 6) is 0.148. The fourth-order valence-corrected chi connectivity index (χ4v) is 3.55. The van der Waals surface area contributed by atoms with Gasteiger partial charge in [-0.1, -0.05) is 11.6 Å². The van der Waals surface area contributed by atoms with Crippen LogP contribution in [0.2, 0.25) is 5.02 Å². The van der Waals surface area contributed by atoms with Gasteiger partial charge in [-0.2, -0.15) is 0 Å². The minimum atomic E-state index is -0.322. The standard InChI is InChI=1S/C24H28ClN2O4.ClH/c1-16-20(15-23(28)31-13-12-27(2,3)4)21-14-19(30-5)10-11-22(21)26(16)24(29)17-6-8-18(25)9-7-17;/h6-11,14H,12-13,15H2,1-5H3;1H/q+1;/p-1. The number of rotatable bonds is 7. The SMILES string of the molecule is COc1ccc2c(c1)c(CC(=O)OCC[N+](C)(C)C)c(C)n2C(=O)c1ccc(Cl)cc1.[Cl-]. The van der Waals surface area contributed by atoms with E-state index in [0.29, 0.717) is 38.6 Å². The first-order valence-corrected chi connectivity index (χ1v) is 10.4. The number of fused-ring (bicyclic) bond motifs is 1. The molecular weight excluding hydrogens is 451 g/mol. The predicted octanol–water partition coefficient (Wildman–Crippen LogP) is 1.10. The number of ether oxygens (including phenoxy) is 2. The molecule has 2 aromatic carbocycles. The second kappa shape index (κ2) is 10.4. The maximum Gasteiger partial charge on any atom is 0.310 e. The summed E-state index contributed by atoms with van der Waals surface area (Å²) in [4.78, 5) is 25.9. The molecule has 0 atom stereocenters. The molecule has 0 aliphatic heterocycles. The van der Waals surface area contributed by atoms with Crippen LogP contribution < -0.4 is 17.1 Å². The van der Waals surface area contributed by atoms with Crippen molar-refractivity contribution in [3.05, 3.63) is 64.3 Å². The zero-order valence-electron chi connectivity index (χ0n) is 18.9. The van der Waals surface area contributed by atoms with Gasteiger partial charge in [0.25, 0.3) is 5.91 Å². The van der Waals surface area contributed by atoms with E-state index in [1.165, 1.54) is 0 Å². The lowest BCUT2D eigenvalue weighted by Gasteiger charge is -2.23. The minimum Gasteiger partial charge on any atom is -1.00 e. The van der Waals surface area contributed by atoms with E-state index in [9.17, 15) is 9.59 Å². The number of likely N-dealkylation sites (N-methyl/N-ethyl adjacent to an activating group) is 1. The van der Waals surface area contributed by atoms with Gasteiger partial charge in [-0.05, 0) is 55.0 Å². The molecule has 0 N–H and O–H groups in total. The van der Waals surface area contributed by atoms with Crippen molar-refractivity contribution in [1.82, 2.24) is 4.57 Å². The van der Waals surface area contributed by atoms with E-state index >= 15 is 0 Å². The molecule has 0 spiro atoms. The van der Waals surface area contributed by atoms with E-state index in [1.807, 2.05) is 40.2 Å². The second-order valence-electron chi connectivity index (χ2n) is 8.51. The first-order chi connectivity index (χ1) is 14.6. The summed E-state index contributed by atoms with van der Waals surface area (Å²) >= 11 is 5.97. The Morgan fingerprint density at radius 1 is 1.06 bits per heavy atom. The summed E-state index contributed by atoms with van der Waals surface area (Å²) in [5, 5.41) is 1.36. The molecule has 32 heavy (non-hydrogen) atoms. The number of methoxy groups -OCH3 is 1. The molecule has 3 aromatic rings. The van der Waals surface area contributed by atoms with E-state index in [2.05, 4.69) is 0 Å². The van der Waals surface area contributed by atoms with E-state index in [-0.39, 0.29) is 30.7 Å². The van der Waals surface area contributed by atoms with Gasteiger partial charge >= 0.3 is 5.97 Å². The molecular formula is C24H28Cl2N2O4. The molecule has 0 unspecified atom stereocenters. The molecule has 1 heterocycles. The van der Waals surface area contributed by atoms with Crippen molar-refractivity contribution < 1.29 is 36.0 Å².